The first kappa shape index (κ1) is 20.8. The van der Waals surface area contributed by atoms with Gasteiger partial charge < -0.3 is 4.74 Å². The molecule has 0 radical (unpaired) electrons. The number of hydrogen-bond acceptors (Lipinski definition) is 1. The van der Waals surface area contributed by atoms with Gasteiger partial charge in [0.2, 0.25) is 0 Å². The van der Waals surface area contributed by atoms with Gasteiger partial charge in [-0.2, -0.15) is 22.0 Å². The van der Waals surface area contributed by atoms with Crippen LogP contribution in [0.4, 0.5) is 26.3 Å². The summed E-state index contributed by atoms with van der Waals surface area (Å²) in [5.41, 5.74) is -0.208. The second-order valence-electron chi connectivity index (χ2n) is 6.39. The predicted octanol–water partition coefficient (Wildman–Crippen LogP) is 7.20. The van der Waals surface area contributed by atoms with Crippen molar-refractivity contribution in [3.8, 4) is 16.9 Å². The van der Waals surface area contributed by atoms with Crippen LogP contribution in [0.3, 0.4) is 0 Å². The summed E-state index contributed by atoms with van der Waals surface area (Å²) in [6.07, 6.45) is -7.63. The Morgan fingerprint density at radius 3 is 1.86 bits per heavy atom. The summed E-state index contributed by atoms with van der Waals surface area (Å²) in [6, 6.07) is 13.5. The lowest BCUT2D eigenvalue weighted by Crippen LogP contribution is -2.21. The third-order valence-electron chi connectivity index (χ3n) is 4.41. The van der Waals surface area contributed by atoms with Crippen LogP contribution in [0, 0.1) is 5.82 Å². The van der Waals surface area contributed by atoms with Crippen LogP contribution in [0.15, 0.2) is 66.7 Å². The predicted molar refractivity (Wildman–Crippen MR) is 97.2 cm³/mol. The molecule has 0 unspecified atom stereocenters. The average molecular weight is 410 g/mol. The molecule has 0 aliphatic heterocycles. The molecule has 3 rings (SSSR count). The summed E-state index contributed by atoms with van der Waals surface area (Å²) < 4.78 is 85.1. The van der Waals surface area contributed by atoms with Gasteiger partial charge in [-0.3, -0.25) is 0 Å². The SMILES string of the molecule is CCc1ccc(C(F)(F)Oc2ccc(-c3ccc(C(F)(F)F)c(F)c3)cc2)cc1. The van der Waals surface area contributed by atoms with Gasteiger partial charge in [-0.1, -0.05) is 37.3 Å². The molecule has 0 spiro atoms. The third kappa shape index (κ3) is 4.72. The lowest BCUT2D eigenvalue weighted by Gasteiger charge is -2.19. The summed E-state index contributed by atoms with van der Waals surface area (Å²) in [4.78, 5) is 0. The Morgan fingerprint density at radius 2 is 1.34 bits per heavy atom. The van der Waals surface area contributed by atoms with Gasteiger partial charge in [0.15, 0.2) is 0 Å². The minimum Gasteiger partial charge on any atom is -0.429 e. The van der Waals surface area contributed by atoms with E-state index in [1.165, 1.54) is 36.4 Å². The van der Waals surface area contributed by atoms with Crippen molar-refractivity contribution in [3.05, 3.63) is 89.2 Å². The fourth-order valence-electron chi connectivity index (χ4n) is 2.78. The molecule has 0 atom stereocenters. The smallest absolute Gasteiger partial charge is 0.426 e. The van der Waals surface area contributed by atoms with E-state index in [0.717, 1.165) is 24.1 Å². The summed E-state index contributed by atoms with van der Waals surface area (Å²) >= 11 is 0. The maximum absolute atomic E-state index is 14.3. The van der Waals surface area contributed by atoms with Gasteiger partial charge in [0.05, 0.1) is 11.1 Å². The van der Waals surface area contributed by atoms with Crippen LogP contribution in [-0.4, -0.2) is 0 Å². The Bertz CT molecular complexity index is 976. The lowest BCUT2D eigenvalue weighted by atomic mass is 10.0. The monoisotopic (exact) mass is 410 g/mol. The van der Waals surface area contributed by atoms with Gasteiger partial charge in [-0.25, -0.2) is 4.39 Å². The molecule has 1 nitrogen and oxygen atoms in total. The van der Waals surface area contributed by atoms with E-state index in [2.05, 4.69) is 0 Å². The maximum atomic E-state index is 14.3. The average Bonchev–Trinajstić information content (AvgIpc) is 2.67. The Labute approximate surface area is 163 Å². The Kier molecular flexibility index (Phi) is 5.59. The lowest BCUT2D eigenvalue weighted by molar-refractivity contribution is -0.185. The molecule has 0 fully saturated rings. The van der Waals surface area contributed by atoms with E-state index in [1.54, 1.807) is 12.1 Å². The van der Waals surface area contributed by atoms with Gasteiger partial charge in [-0.05, 0) is 59.5 Å². The van der Waals surface area contributed by atoms with Crippen molar-refractivity contribution < 1.29 is 31.1 Å². The van der Waals surface area contributed by atoms with Crippen LogP contribution in [0.2, 0.25) is 0 Å². The number of rotatable bonds is 5. The molecule has 3 aromatic carbocycles. The highest BCUT2D eigenvalue weighted by Gasteiger charge is 2.35. The standard InChI is InChI=1S/C22H16F6O/c1-2-14-3-8-17(9-4-14)22(27,28)29-18-10-5-15(6-11-18)16-7-12-19(20(23)13-16)21(24,25)26/h3-13H,2H2,1H3. The molecular weight excluding hydrogens is 394 g/mol. The fraction of sp³-hybridized carbons (Fsp3) is 0.182. The summed E-state index contributed by atoms with van der Waals surface area (Å²) in [5.74, 6) is -1.54. The molecule has 0 bridgehead atoms. The first-order valence-corrected chi connectivity index (χ1v) is 8.73. The zero-order valence-electron chi connectivity index (χ0n) is 15.2. The van der Waals surface area contributed by atoms with Crippen LogP contribution < -0.4 is 4.74 Å². The number of alkyl halides is 5. The largest absolute Gasteiger partial charge is 0.429 e. The summed E-state index contributed by atoms with van der Waals surface area (Å²) in [7, 11) is 0. The van der Waals surface area contributed by atoms with Crippen molar-refractivity contribution in [2.24, 2.45) is 0 Å². The first-order chi connectivity index (χ1) is 13.6. The second kappa shape index (κ2) is 7.81. The van der Waals surface area contributed by atoms with Crippen molar-refractivity contribution >= 4 is 0 Å². The van der Waals surface area contributed by atoms with Crippen molar-refractivity contribution in [1.82, 2.24) is 0 Å². The van der Waals surface area contributed by atoms with Crippen molar-refractivity contribution in [2.45, 2.75) is 25.6 Å². The molecule has 0 amide bonds. The molecule has 0 aliphatic carbocycles. The number of hydrogen-bond donors (Lipinski definition) is 0. The van der Waals surface area contributed by atoms with Crippen LogP contribution in [0.5, 0.6) is 5.75 Å². The number of ether oxygens (including phenoxy) is 1. The van der Waals surface area contributed by atoms with Gasteiger partial charge in [0, 0.05) is 0 Å². The quantitative estimate of drug-likeness (QED) is 0.404. The van der Waals surface area contributed by atoms with Crippen molar-refractivity contribution in [2.75, 3.05) is 0 Å². The summed E-state index contributed by atoms with van der Waals surface area (Å²) in [5, 5.41) is 0. The molecule has 0 N–H and O–H groups in total. The van der Waals surface area contributed by atoms with Crippen LogP contribution in [0.1, 0.15) is 23.6 Å². The molecular formula is C22H16F6O. The summed E-state index contributed by atoms with van der Waals surface area (Å²) in [6.45, 7) is 1.91. The zero-order valence-corrected chi connectivity index (χ0v) is 15.2. The van der Waals surface area contributed by atoms with Gasteiger partial charge >= 0.3 is 12.3 Å². The fourth-order valence-corrected chi connectivity index (χ4v) is 2.78. The highest BCUT2D eigenvalue weighted by atomic mass is 19.4. The molecule has 29 heavy (non-hydrogen) atoms. The molecule has 3 aromatic rings. The number of halogens is 6. The molecule has 0 aromatic heterocycles. The Morgan fingerprint density at radius 1 is 0.759 bits per heavy atom. The van der Waals surface area contributed by atoms with Crippen molar-refractivity contribution in [3.63, 3.8) is 0 Å². The highest BCUT2D eigenvalue weighted by Crippen LogP contribution is 2.35. The van der Waals surface area contributed by atoms with E-state index in [-0.39, 0.29) is 16.9 Å². The van der Waals surface area contributed by atoms with Gasteiger partial charge in [0.25, 0.3) is 0 Å². The van der Waals surface area contributed by atoms with E-state index in [9.17, 15) is 26.3 Å². The number of benzene rings is 3. The van der Waals surface area contributed by atoms with Gasteiger partial charge in [-0.15, -0.1) is 0 Å². The first-order valence-electron chi connectivity index (χ1n) is 8.73. The molecule has 7 heteroatoms. The topological polar surface area (TPSA) is 9.23 Å². The molecule has 0 aliphatic rings. The third-order valence-corrected chi connectivity index (χ3v) is 4.41. The second-order valence-corrected chi connectivity index (χ2v) is 6.39. The Hall–Kier alpha value is -2.96. The normalized spacial score (nSPS) is 12.1. The van der Waals surface area contributed by atoms with Gasteiger partial charge in [0.1, 0.15) is 11.6 Å². The van der Waals surface area contributed by atoms with E-state index < -0.39 is 23.7 Å². The zero-order chi connectivity index (χ0) is 21.2. The highest BCUT2D eigenvalue weighted by molar-refractivity contribution is 5.64. The molecule has 0 saturated heterocycles. The van der Waals surface area contributed by atoms with E-state index in [4.69, 9.17) is 4.74 Å². The molecule has 0 saturated carbocycles. The van der Waals surface area contributed by atoms with Crippen LogP contribution in [-0.2, 0) is 18.7 Å². The Balaban J connectivity index is 1.78. The van der Waals surface area contributed by atoms with Crippen LogP contribution >= 0.6 is 0 Å². The maximum Gasteiger partial charge on any atom is 0.426 e. The van der Waals surface area contributed by atoms with E-state index in [1.807, 2.05) is 6.92 Å². The minimum atomic E-state index is -4.79. The number of aryl methyl sites for hydroxylation is 1. The minimum absolute atomic E-state index is 0.134. The van der Waals surface area contributed by atoms with E-state index >= 15 is 0 Å². The molecule has 152 valence electrons. The van der Waals surface area contributed by atoms with E-state index in [0.29, 0.717) is 11.6 Å². The molecule has 0 heterocycles. The van der Waals surface area contributed by atoms with Crippen molar-refractivity contribution in [1.29, 1.82) is 0 Å². The van der Waals surface area contributed by atoms with Crippen LogP contribution in [0.25, 0.3) is 11.1 Å².